The molecule has 0 aliphatic carbocycles. The van der Waals surface area contributed by atoms with Crippen molar-refractivity contribution < 1.29 is 37.3 Å². The highest BCUT2D eigenvalue weighted by Gasteiger charge is 2.30. The summed E-state index contributed by atoms with van der Waals surface area (Å²) in [7, 11) is 1.44. The van der Waals surface area contributed by atoms with E-state index in [0.717, 1.165) is 70.6 Å². The quantitative estimate of drug-likeness (QED) is 0.0205. The standard InChI is InChI=1S/C59H105N2O7P/c1-7-10-13-16-19-22-25-27-28-29-30-31-32-34-36-39-42-45-48-51-58(62)60-56(55-67-69(64,65)66-54-53-61(4,5)6)57(50-47-44-41-38-35-24-21-18-15-12-9-3)68-59(63)52-49-46-43-40-37-33-26-23-20-17-14-11-8-2/h19,22,27-28,30-31,33-34,36-37,43,46-47,50,56-57H,7-18,20-21,23-26,29,32,35,38-42,44-45,48-49,51-55H2,1-6H3,(H-,60,62,64,65)/p+1/b22-19-,28-27-,31-30-,36-34-,37-33-,46-43+,50-47-. The molecule has 69 heavy (non-hydrogen) atoms. The summed E-state index contributed by atoms with van der Waals surface area (Å²) in [6.07, 6.45) is 63.1. The number of allylic oxidation sites excluding steroid dienone is 13. The fourth-order valence-electron chi connectivity index (χ4n) is 7.44. The molecule has 2 N–H and O–H groups in total. The fourth-order valence-corrected chi connectivity index (χ4v) is 8.18. The molecule has 0 aromatic rings. The minimum Gasteiger partial charge on any atom is -0.456 e. The van der Waals surface area contributed by atoms with Gasteiger partial charge >= 0.3 is 13.8 Å². The Morgan fingerprint density at radius 3 is 1.38 bits per heavy atom. The van der Waals surface area contributed by atoms with Crippen LogP contribution in [-0.2, 0) is 27.9 Å². The molecule has 0 spiro atoms. The molecule has 398 valence electrons. The topological polar surface area (TPSA) is 111 Å². The minimum atomic E-state index is -4.46. The number of nitrogens with zero attached hydrogens (tertiary/aromatic N) is 1. The van der Waals surface area contributed by atoms with Gasteiger partial charge in [-0.25, -0.2) is 4.57 Å². The van der Waals surface area contributed by atoms with E-state index >= 15 is 0 Å². The van der Waals surface area contributed by atoms with E-state index in [9.17, 15) is 19.0 Å². The van der Waals surface area contributed by atoms with Gasteiger partial charge in [-0.2, -0.15) is 0 Å². The summed E-state index contributed by atoms with van der Waals surface area (Å²) in [5, 5.41) is 3.01. The Balaban J connectivity index is 5.46. The van der Waals surface area contributed by atoms with Crippen molar-refractivity contribution in [3.8, 4) is 0 Å². The largest absolute Gasteiger partial charge is 0.472 e. The predicted molar refractivity (Wildman–Crippen MR) is 295 cm³/mol. The SMILES string of the molecule is CCCCC/C=C\C/C=C\C/C=C\C/C=C\CCCCCC(=O)NC(COP(=O)(O)OCC[N+](C)(C)C)C(/C=C\CCCCCCCCCCC)OC(=O)CC/C=C/C/C=C\CCCCCCCC. The van der Waals surface area contributed by atoms with Gasteiger partial charge in [-0.05, 0) is 96.0 Å². The molecule has 9 nitrogen and oxygen atoms in total. The lowest BCUT2D eigenvalue weighted by Crippen LogP contribution is -2.47. The van der Waals surface area contributed by atoms with Crippen LogP contribution in [0.15, 0.2) is 85.1 Å². The number of rotatable bonds is 49. The lowest BCUT2D eigenvalue weighted by molar-refractivity contribution is -0.870. The van der Waals surface area contributed by atoms with Gasteiger partial charge in [-0.3, -0.25) is 18.6 Å². The van der Waals surface area contributed by atoms with Crippen molar-refractivity contribution in [3.05, 3.63) is 85.1 Å². The number of nitrogens with one attached hydrogen (secondary N) is 1. The number of amides is 1. The van der Waals surface area contributed by atoms with Gasteiger partial charge in [0.05, 0.1) is 33.8 Å². The van der Waals surface area contributed by atoms with Crippen LogP contribution in [0.4, 0.5) is 0 Å². The van der Waals surface area contributed by atoms with Crippen molar-refractivity contribution in [2.24, 2.45) is 0 Å². The zero-order valence-corrected chi connectivity index (χ0v) is 46.2. The summed E-state index contributed by atoms with van der Waals surface area (Å²) in [4.78, 5) is 37.4. The first-order valence-corrected chi connectivity index (χ1v) is 29.4. The molecule has 0 aliphatic rings. The third kappa shape index (κ3) is 49.9. The second kappa shape index (κ2) is 48.8. The third-order valence-corrected chi connectivity index (χ3v) is 12.8. The summed E-state index contributed by atoms with van der Waals surface area (Å²) in [5.74, 6) is -0.626. The number of phosphoric acid groups is 1. The monoisotopic (exact) mass is 986 g/mol. The van der Waals surface area contributed by atoms with Crippen LogP contribution in [0.2, 0.25) is 0 Å². The molecule has 0 heterocycles. The Labute approximate surface area is 425 Å². The molecule has 0 fully saturated rings. The van der Waals surface area contributed by atoms with E-state index in [1.165, 1.54) is 109 Å². The van der Waals surface area contributed by atoms with Gasteiger partial charge in [-0.1, -0.05) is 202 Å². The van der Waals surface area contributed by atoms with Crippen LogP contribution in [0.25, 0.3) is 0 Å². The molecule has 3 atom stereocenters. The van der Waals surface area contributed by atoms with E-state index in [1.807, 2.05) is 39.4 Å². The van der Waals surface area contributed by atoms with Crippen molar-refractivity contribution in [3.63, 3.8) is 0 Å². The molecule has 1 amide bonds. The minimum absolute atomic E-state index is 0.0227. The molecule has 0 radical (unpaired) electrons. The number of unbranched alkanes of at least 4 members (excludes halogenated alkanes) is 21. The highest BCUT2D eigenvalue weighted by atomic mass is 31.2. The highest BCUT2D eigenvalue weighted by molar-refractivity contribution is 7.47. The number of esters is 1. The normalized spacial score (nSPS) is 14.5. The number of quaternary nitrogens is 1. The summed E-state index contributed by atoms with van der Waals surface area (Å²) < 4.78 is 30.5. The number of hydrogen-bond acceptors (Lipinski definition) is 6. The molecule has 0 aromatic carbocycles. The molecular formula is C59H106N2O7P+. The van der Waals surface area contributed by atoms with Crippen LogP contribution in [0.1, 0.15) is 226 Å². The van der Waals surface area contributed by atoms with Gasteiger partial charge in [0, 0.05) is 12.8 Å². The van der Waals surface area contributed by atoms with E-state index in [1.54, 1.807) is 0 Å². The number of phosphoric ester groups is 1. The van der Waals surface area contributed by atoms with E-state index in [0.29, 0.717) is 23.9 Å². The van der Waals surface area contributed by atoms with Crippen molar-refractivity contribution in [1.82, 2.24) is 5.32 Å². The number of carbonyl (C=O) groups excluding carboxylic acids is 2. The zero-order chi connectivity index (χ0) is 50.8. The molecule has 0 rings (SSSR count). The maximum atomic E-state index is 13.5. The maximum absolute atomic E-state index is 13.5. The molecule has 0 aromatic heterocycles. The molecular weight excluding hydrogens is 880 g/mol. The first-order valence-electron chi connectivity index (χ1n) is 27.9. The summed E-state index contributed by atoms with van der Waals surface area (Å²) >= 11 is 0. The molecule has 0 aliphatic heterocycles. The first kappa shape index (κ1) is 66.2. The Morgan fingerprint density at radius 1 is 0.507 bits per heavy atom. The fraction of sp³-hybridized carbons (Fsp3) is 0.729. The predicted octanol–water partition coefficient (Wildman–Crippen LogP) is 16.7. The van der Waals surface area contributed by atoms with Crippen LogP contribution in [-0.4, -0.2) is 74.3 Å². The van der Waals surface area contributed by atoms with Gasteiger partial charge in [0.25, 0.3) is 0 Å². The lowest BCUT2D eigenvalue weighted by Gasteiger charge is -2.27. The first-order chi connectivity index (χ1) is 33.4. The average molecular weight is 986 g/mol. The van der Waals surface area contributed by atoms with Gasteiger partial charge in [0.1, 0.15) is 19.3 Å². The van der Waals surface area contributed by atoms with Crippen molar-refractivity contribution >= 4 is 19.7 Å². The van der Waals surface area contributed by atoms with E-state index in [-0.39, 0.29) is 32.0 Å². The third-order valence-electron chi connectivity index (χ3n) is 11.8. The summed E-state index contributed by atoms with van der Waals surface area (Å²) in [5.41, 5.74) is 0. The Morgan fingerprint density at radius 2 is 0.899 bits per heavy atom. The number of likely N-dealkylation sites (N-methyl/N-ethyl adjacent to an activating group) is 1. The number of hydrogen-bond donors (Lipinski definition) is 2. The zero-order valence-electron chi connectivity index (χ0n) is 45.3. The smallest absolute Gasteiger partial charge is 0.456 e. The van der Waals surface area contributed by atoms with Gasteiger partial charge in [-0.15, -0.1) is 0 Å². The summed E-state index contributed by atoms with van der Waals surface area (Å²) in [6.45, 7) is 6.88. The summed E-state index contributed by atoms with van der Waals surface area (Å²) in [6, 6.07) is -0.890. The molecule has 0 saturated heterocycles. The molecule has 0 saturated carbocycles. The number of ether oxygens (including phenoxy) is 1. The van der Waals surface area contributed by atoms with E-state index in [2.05, 4.69) is 92.9 Å². The van der Waals surface area contributed by atoms with Crippen molar-refractivity contribution in [2.45, 2.75) is 238 Å². The van der Waals surface area contributed by atoms with Crippen molar-refractivity contribution in [1.29, 1.82) is 0 Å². The lowest BCUT2D eigenvalue weighted by atomic mass is 10.1. The molecule has 10 heteroatoms. The van der Waals surface area contributed by atoms with Gasteiger partial charge in [0.15, 0.2) is 0 Å². The van der Waals surface area contributed by atoms with Crippen LogP contribution in [0, 0.1) is 0 Å². The van der Waals surface area contributed by atoms with Crippen molar-refractivity contribution in [2.75, 3.05) is 40.9 Å². The van der Waals surface area contributed by atoms with Gasteiger partial charge in [0.2, 0.25) is 5.91 Å². The average Bonchev–Trinajstić information content (AvgIpc) is 3.31. The van der Waals surface area contributed by atoms with E-state index in [4.69, 9.17) is 13.8 Å². The Hall–Kier alpha value is -2.81. The molecule has 0 bridgehead atoms. The van der Waals surface area contributed by atoms with Crippen LogP contribution in [0.3, 0.4) is 0 Å². The number of carbonyl (C=O) groups is 2. The van der Waals surface area contributed by atoms with E-state index < -0.39 is 25.9 Å². The second-order valence-corrected chi connectivity index (χ2v) is 21.2. The van der Waals surface area contributed by atoms with Crippen LogP contribution in [0.5, 0.6) is 0 Å². The Kier molecular flexibility index (Phi) is 46.8. The maximum Gasteiger partial charge on any atom is 0.472 e. The molecule has 3 unspecified atom stereocenters. The Bertz CT molecular complexity index is 1460. The van der Waals surface area contributed by atoms with Crippen LogP contribution < -0.4 is 5.32 Å². The highest BCUT2D eigenvalue weighted by Crippen LogP contribution is 2.43. The van der Waals surface area contributed by atoms with Crippen LogP contribution >= 0.6 is 7.82 Å². The van der Waals surface area contributed by atoms with Gasteiger partial charge < -0.3 is 19.4 Å². The second-order valence-electron chi connectivity index (χ2n) is 19.7.